The molecule has 0 amide bonds. The molecule has 2 aliphatic rings. The summed E-state index contributed by atoms with van der Waals surface area (Å²) in [5, 5.41) is 39.3. The van der Waals surface area contributed by atoms with Crippen LogP contribution in [0.3, 0.4) is 0 Å². The van der Waals surface area contributed by atoms with Crippen molar-refractivity contribution in [3.63, 3.8) is 0 Å². The van der Waals surface area contributed by atoms with Crippen LogP contribution in [0.25, 0.3) is 0 Å². The lowest BCUT2D eigenvalue weighted by Gasteiger charge is -2.47. The molecular weight excluding hydrogens is 368 g/mol. The topological polar surface area (TPSA) is 146 Å². The van der Waals surface area contributed by atoms with Crippen molar-refractivity contribution in [2.24, 2.45) is 0 Å². The number of aliphatic hydroxyl groups is 4. The van der Waals surface area contributed by atoms with Gasteiger partial charge in [0.25, 0.3) is 0 Å². The molecule has 0 spiro atoms. The number of aliphatic hydroxyl groups excluding tert-OH is 4. The second-order valence-electron chi connectivity index (χ2n) is 6.43. The molecule has 0 aromatic carbocycles. The summed E-state index contributed by atoms with van der Waals surface area (Å²) in [6.07, 6.45) is -10.5. The minimum atomic E-state index is -1.65. The smallest absolute Gasteiger partial charge is 0.187 e. The zero-order valence-corrected chi connectivity index (χ0v) is 15.8. The fourth-order valence-electron chi connectivity index (χ4n) is 3.48. The van der Waals surface area contributed by atoms with Crippen molar-refractivity contribution < 1.29 is 53.6 Å². The van der Waals surface area contributed by atoms with Crippen LogP contribution < -0.4 is 0 Å². The maximum Gasteiger partial charge on any atom is 0.187 e. The maximum atomic E-state index is 10.3. The lowest BCUT2D eigenvalue weighted by Crippen LogP contribution is -2.65. The Morgan fingerprint density at radius 2 is 1.37 bits per heavy atom. The number of hydrogen-bond donors (Lipinski definition) is 4. The van der Waals surface area contributed by atoms with Gasteiger partial charge in [-0.3, -0.25) is 0 Å². The van der Waals surface area contributed by atoms with Crippen LogP contribution in [0, 0.1) is 0 Å². The maximum absolute atomic E-state index is 10.3. The molecule has 160 valence electrons. The molecular formula is C16H30O11. The van der Waals surface area contributed by atoms with E-state index in [1.54, 1.807) is 0 Å². The molecule has 4 N–H and O–H groups in total. The Bertz CT molecular complexity index is 437. The molecule has 0 aliphatic carbocycles. The minimum Gasteiger partial charge on any atom is -0.394 e. The van der Waals surface area contributed by atoms with Gasteiger partial charge >= 0.3 is 0 Å². The van der Waals surface area contributed by atoms with Gasteiger partial charge in [0.15, 0.2) is 12.6 Å². The van der Waals surface area contributed by atoms with Crippen LogP contribution >= 0.6 is 0 Å². The van der Waals surface area contributed by atoms with Gasteiger partial charge in [-0.15, -0.1) is 0 Å². The largest absolute Gasteiger partial charge is 0.394 e. The Balaban J connectivity index is 2.23. The first-order valence-corrected chi connectivity index (χ1v) is 8.62. The molecule has 0 bridgehead atoms. The van der Waals surface area contributed by atoms with Crippen LogP contribution in [0.5, 0.6) is 0 Å². The van der Waals surface area contributed by atoms with Crippen molar-refractivity contribution in [3.05, 3.63) is 0 Å². The summed E-state index contributed by atoms with van der Waals surface area (Å²) in [7, 11) is 5.95. The van der Waals surface area contributed by atoms with Gasteiger partial charge < -0.3 is 53.6 Å². The number of methoxy groups -OCH3 is 4. The van der Waals surface area contributed by atoms with E-state index in [1.807, 2.05) is 0 Å². The first-order chi connectivity index (χ1) is 12.9. The molecule has 2 saturated heterocycles. The van der Waals surface area contributed by atoms with Crippen molar-refractivity contribution in [2.75, 3.05) is 41.7 Å². The Morgan fingerprint density at radius 3 is 1.89 bits per heavy atom. The van der Waals surface area contributed by atoms with Gasteiger partial charge in [0, 0.05) is 28.4 Å². The van der Waals surface area contributed by atoms with Gasteiger partial charge in [-0.2, -0.15) is 0 Å². The summed E-state index contributed by atoms with van der Waals surface area (Å²) < 4.78 is 38.5. The standard InChI is InChI=1S/C16H30O11/c1-21-6-8-12(22-2)13(23-3)14(24-4)16(26-8)27-11-7(5-17)25-15(20)10(19)9(11)18/h7-20H,5-6H2,1-4H3/t7-,8-,9-,10-,11-,12-,13+,14-,15+,16+/m1/s1. The zero-order valence-electron chi connectivity index (χ0n) is 15.8. The second kappa shape index (κ2) is 10.4. The molecule has 0 aromatic rings. The molecule has 11 nitrogen and oxygen atoms in total. The summed E-state index contributed by atoms with van der Waals surface area (Å²) in [5.41, 5.74) is 0. The van der Waals surface area contributed by atoms with Gasteiger partial charge in [-0.25, -0.2) is 0 Å². The third-order valence-corrected chi connectivity index (χ3v) is 4.87. The van der Waals surface area contributed by atoms with Crippen LogP contribution in [0.1, 0.15) is 0 Å². The molecule has 2 rings (SSSR count). The number of rotatable bonds is 8. The van der Waals surface area contributed by atoms with Crippen molar-refractivity contribution in [2.45, 2.75) is 61.4 Å². The summed E-state index contributed by atoms with van der Waals surface area (Å²) in [5.74, 6) is 0. The normalized spacial score (nSPS) is 45.8. The van der Waals surface area contributed by atoms with Crippen molar-refractivity contribution in [1.82, 2.24) is 0 Å². The Morgan fingerprint density at radius 1 is 0.741 bits per heavy atom. The SMILES string of the molecule is COC[C@H]1O[C@@H](O[C@H]2[C@H](O)[C@@H](O)[C@@H](O)O[C@@H]2CO)[C@H](OC)[C@@H](OC)[C@@H]1OC. The molecule has 27 heavy (non-hydrogen) atoms. The molecule has 0 saturated carbocycles. The van der Waals surface area contributed by atoms with E-state index in [9.17, 15) is 20.4 Å². The monoisotopic (exact) mass is 398 g/mol. The number of hydrogen-bond acceptors (Lipinski definition) is 11. The highest BCUT2D eigenvalue weighted by molar-refractivity contribution is 4.95. The minimum absolute atomic E-state index is 0.184. The van der Waals surface area contributed by atoms with E-state index in [0.717, 1.165) is 0 Å². The molecule has 0 unspecified atom stereocenters. The third-order valence-electron chi connectivity index (χ3n) is 4.87. The summed E-state index contributed by atoms with van der Waals surface area (Å²) >= 11 is 0. The predicted octanol–water partition coefficient (Wildman–Crippen LogP) is -2.78. The summed E-state index contributed by atoms with van der Waals surface area (Å²) in [6.45, 7) is -0.366. The Hall–Kier alpha value is -0.440. The molecule has 10 atom stereocenters. The molecule has 0 aromatic heterocycles. The molecule has 11 heteroatoms. The van der Waals surface area contributed by atoms with E-state index in [0.29, 0.717) is 0 Å². The molecule has 2 fully saturated rings. The highest BCUT2D eigenvalue weighted by Crippen LogP contribution is 2.31. The van der Waals surface area contributed by atoms with E-state index in [1.165, 1.54) is 28.4 Å². The molecule has 2 aliphatic heterocycles. The highest BCUT2D eigenvalue weighted by atomic mass is 16.7. The van der Waals surface area contributed by atoms with E-state index >= 15 is 0 Å². The quantitative estimate of drug-likeness (QED) is 0.337. The van der Waals surface area contributed by atoms with Gasteiger partial charge in [0.05, 0.1) is 13.2 Å². The molecule has 0 radical (unpaired) electrons. The van der Waals surface area contributed by atoms with Crippen LogP contribution in [0.4, 0.5) is 0 Å². The third kappa shape index (κ3) is 4.77. The summed E-state index contributed by atoms with van der Waals surface area (Å²) in [6, 6.07) is 0. The van der Waals surface area contributed by atoms with Gasteiger partial charge in [-0.1, -0.05) is 0 Å². The first-order valence-electron chi connectivity index (χ1n) is 8.62. The van der Waals surface area contributed by atoms with Crippen LogP contribution in [-0.4, -0.2) is 123 Å². The Labute approximate surface area is 157 Å². The fraction of sp³-hybridized carbons (Fsp3) is 1.00. The fourth-order valence-corrected chi connectivity index (χ4v) is 3.48. The van der Waals surface area contributed by atoms with E-state index in [-0.39, 0.29) is 6.61 Å². The van der Waals surface area contributed by atoms with Gasteiger partial charge in [0.1, 0.15) is 48.8 Å². The average Bonchev–Trinajstić information content (AvgIpc) is 2.67. The van der Waals surface area contributed by atoms with Crippen LogP contribution in [-0.2, 0) is 33.2 Å². The van der Waals surface area contributed by atoms with Crippen molar-refractivity contribution in [3.8, 4) is 0 Å². The van der Waals surface area contributed by atoms with Crippen molar-refractivity contribution >= 4 is 0 Å². The zero-order chi connectivity index (χ0) is 20.1. The molecule has 2 heterocycles. The summed E-state index contributed by atoms with van der Waals surface area (Å²) in [4.78, 5) is 0. The van der Waals surface area contributed by atoms with Crippen molar-refractivity contribution in [1.29, 1.82) is 0 Å². The highest BCUT2D eigenvalue weighted by Gasteiger charge is 2.51. The second-order valence-corrected chi connectivity index (χ2v) is 6.43. The predicted molar refractivity (Wildman–Crippen MR) is 87.8 cm³/mol. The van der Waals surface area contributed by atoms with Gasteiger partial charge in [-0.05, 0) is 0 Å². The van der Waals surface area contributed by atoms with Crippen LogP contribution in [0.15, 0.2) is 0 Å². The Kier molecular flexibility index (Phi) is 8.77. The lowest BCUT2D eigenvalue weighted by molar-refractivity contribution is -0.360. The van der Waals surface area contributed by atoms with E-state index in [2.05, 4.69) is 0 Å². The van der Waals surface area contributed by atoms with Gasteiger partial charge in [0.2, 0.25) is 0 Å². The number of ether oxygens (including phenoxy) is 7. The average molecular weight is 398 g/mol. The lowest BCUT2D eigenvalue weighted by atomic mass is 9.96. The first kappa shape index (κ1) is 22.8. The van der Waals surface area contributed by atoms with E-state index < -0.39 is 68.0 Å². The van der Waals surface area contributed by atoms with E-state index in [4.69, 9.17) is 33.2 Å². The van der Waals surface area contributed by atoms with Crippen LogP contribution in [0.2, 0.25) is 0 Å².